The summed E-state index contributed by atoms with van der Waals surface area (Å²) < 4.78 is 4.90. The van der Waals surface area contributed by atoms with Crippen LogP contribution in [0.15, 0.2) is 47.3 Å². The van der Waals surface area contributed by atoms with Crippen molar-refractivity contribution in [2.45, 2.75) is 6.92 Å². The van der Waals surface area contributed by atoms with E-state index in [0.29, 0.717) is 34.6 Å². The van der Waals surface area contributed by atoms with E-state index >= 15 is 0 Å². The third-order valence-electron chi connectivity index (χ3n) is 3.43. The number of H-pyrrole nitrogens is 2. The maximum atomic E-state index is 12.1. The highest BCUT2D eigenvalue weighted by atomic mass is 16.5. The number of aromatic amines is 2. The van der Waals surface area contributed by atoms with Gasteiger partial charge in [-0.3, -0.25) is 0 Å². The zero-order chi connectivity index (χ0) is 17.8. The highest BCUT2D eigenvalue weighted by Crippen LogP contribution is 2.15. The highest BCUT2D eigenvalue weighted by Gasteiger charge is 2.08. The number of imidazole rings is 1. The molecule has 0 atom stereocenters. The Kier molecular flexibility index (Phi) is 4.51. The number of carbonyl (C=O) groups excluding carboxylic acids is 2. The molecule has 0 bridgehead atoms. The molecular formula is C17H16N4O4. The fourth-order valence-corrected chi connectivity index (χ4v) is 2.31. The summed E-state index contributed by atoms with van der Waals surface area (Å²) in [4.78, 5) is 40.1. The number of esters is 1. The Balaban J connectivity index is 1.65. The van der Waals surface area contributed by atoms with Gasteiger partial charge >= 0.3 is 17.7 Å². The minimum Gasteiger partial charge on any atom is -0.462 e. The molecule has 0 fully saturated rings. The summed E-state index contributed by atoms with van der Waals surface area (Å²) in [5.74, 6) is -0.410. The Morgan fingerprint density at radius 2 is 1.60 bits per heavy atom. The second-order valence-electron chi connectivity index (χ2n) is 5.22. The number of aromatic nitrogens is 2. The molecular weight excluding hydrogens is 324 g/mol. The number of nitrogens with one attached hydrogen (secondary N) is 4. The molecule has 2 amide bonds. The lowest BCUT2D eigenvalue weighted by Gasteiger charge is -2.08. The van der Waals surface area contributed by atoms with Crippen molar-refractivity contribution in [3.63, 3.8) is 0 Å². The fourth-order valence-electron chi connectivity index (χ4n) is 2.31. The summed E-state index contributed by atoms with van der Waals surface area (Å²) in [6, 6.07) is 10.9. The van der Waals surface area contributed by atoms with Crippen molar-refractivity contribution in [1.82, 2.24) is 9.97 Å². The Hall–Kier alpha value is -3.55. The fraction of sp³-hybridized carbons (Fsp3) is 0.118. The van der Waals surface area contributed by atoms with Crippen molar-refractivity contribution in [3.05, 3.63) is 58.5 Å². The molecule has 25 heavy (non-hydrogen) atoms. The van der Waals surface area contributed by atoms with Crippen LogP contribution in [0.2, 0.25) is 0 Å². The maximum Gasteiger partial charge on any atom is 0.338 e. The molecule has 3 rings (SSSR count). The van der Waals surface area contributed by atoms with Gasteiger partial charge in [0.05, 0.1) is 23.2 Å². The Bertz CT molecular complexity index is 972. The number of ether oxygens (including phenoxy) is 1. The number of hydrogen-bond donors (Lipinski definition) is 4. The second-order valence-corrected chi connectivity index (χ2v) is 5.22. The quantitative estimate of drug-likeness (QED) is 0.546. The van der Waals surface area contributed by atoms with Crippen LogP contribution >= 0.6 is 0 Å². The molecule has 0 aliphatic carbocycles. The van der Waals surface area contributed by atoms with Gasteiger partial charge in [0.2, 0.25) is 0 Å². The molecule has 4 N–H and O–H groups in total. The SMILES string of the molecule is CCOC(=O)c1ccc(NC(=O)Nc2ccc3[nH]c(=O)[nH]c3c2)cc1. The van der Waals surface area contributed by atoms with E-state index in [2.05, 4.69) is 20.6 Å². The smallest absolute Gasteiger partial charge is 0.338 e. The van der Waals surface area contributed by atoms with Crippen molar-refractivity contribution in [1.29, 1.82) is 0 Å². The van der Waals surface area contributed by atoms with E-state index in [-0.39, 0.29) is 5.69 Å². The van der Waals surface area contributed by atoms with Crippen LogP contribution in [0.1, 0.15) is 17.3 Å². The number of urea groups is 1. The molecule has 3 aromatic rings. The average molecular weight is 340 g/mol. The standard InChI is InChI=1S/C17H16N4O4/c1-2-25-15(22)10-3-5-11(6-4-10)18-16(23)19-12-7-8-13-14(9-12)21-17(24)20-13/h3-9H,2H2,1H3,(H2,18,19,23)(H2,20,21,24). The molecule has 0 aliphatic rings. The summed E-state index contributed by atoms with van der Waals surface area (Å²) in [6.45, 7) is 2.04. The average Bonchev–Trinajstić information content (AvgIpc) is 2.95. The van der Waals surface area contributed by atoms with Crippen LogP contribution < -0.4 is 16.3 Å². The van der Waals surface area contributed by atoms with Gasteiger partial charge in [-0.1, -0.05) is 0 Å². The molecule has 0 spiro atoms. The normalized spacial score (nSPS) is 10.4. The zero-order valence-electron chi connectivity index (χ0n) is 13.4. The molecule has 1 heterocycles. The maximum absolute atomic E-state index is 12.1. The van der Waals surface area contributed by atoms with Crippen LogP contribution in [-0.2, 0) is 4.74 Å². The molecule has 0 saturated heterocycles. The predicted molar refractivity (Wildman–Crippen MR) is 94.0 cm³/mol. The van der Waals surface area contributed by atoms with Gasteiger partial charge in [0.1, 0.15) is 0 Å². The first kappa shape index (κ1) is 16.3. The van der Waals surface area contributed by atoms with Gasteiger partial charge in [0, 0.05) is 11.4 Å². The first-order chi connectivity index (χ1) is 12.0. The zero-order valence-corrected chi connectivity index (χ0v) is 13.4. The third kappa shape index (κ3) is 3.86. The predicted octanol–water partition coefficient (Wildman–Crippen LogP) is 2.68. The van der Waals surface area contributed by atoms with E-state index in [4.69, 9.17) is 4.74 Å². The summed E-state index contributed by atoms with van der Waals surface area (Å²) in [6.07, 6.45) is 0. The minimum absolute atomic E-state index is 0.304. The second kappa shape index (κ2) is 6.91. The monoisotopic (exact) mass is 340 g/mol. The van der Waals surface area contributed by atoms with Crippen LogP contribution in [0.5, 0.6) is 0 Å². The van der Waals surface area contributed by atoms with Crippen molar-refractivity contribution in [3.8, 4) is 0 Å². The van der Waals surface area contributed by atoms with Crippen LogP contribution in [0.3, 0.4) is 0 Å². The summed E-state index contributed by atoms with van der Waals surface area (Å²) in [5, 5.41) is 5.33. The summed E-state index contributed by atoms with van der Waals surface area (Å²) in [5.41, 5.74) is 2.42. The number of fused-ring (bicyclic) bond motifs is 1. The largest absolute Gasteiger partial charge is 0.462 e. The number of amides is 2. The van der Waals surface area contributed by atoms with Gasteiger partial charge in [-0.2, -0.15) is 0 Å². The highest BCUT2D eigenvalue weighted by molar-refractivity contribution is 6.01. The summed E-state index contributed by atoms with van der Waals surface area (Å²) >= 11 is 0. The van der Waals surface area contributed by atoms with E-state index in [9.17, 15) is 14.4 Å². The molecule has 8 nitrogen and oxygen atoms in total. The van der Waals surface area contributed by atoms with E-state index in [1.807, 2.05) is 0 Å². The van der Waals surface area contributed by atoms with Gasteiger partial charge in [0.15, 0.2) is 0 Å². The van der Waals surface area contributed by atoms with Gasteiger partial charge in [-0.15, -0.1) is 0 Å². The number of hydrogen-bond acceptors (Lipinski definition) is 4. The molecule has 0 aliphatic heterocycles. The summed E-state index contributed by atoms with van der Waals surface area (Å²) in [7, 11) is 0. The first-order valence-electron chi connectivity index (χ1n) is 7.62. The van der Waals surface area contributed by atoms with Crippen molar-refractivity contribution in [2.75, 3.05) is 17.2 Å². The van der Waals surface area contributed by atoms with E-state index in [0.717, 1.165) is 0 Å². The molecule has 2 aromatic carbocycles. The molecule has 128 valence electrons. The Morgan fingerprint density at radius 1 is 0.960 bits per heavy atom. The lowest BCUT2D eigenvalue weighted by atomic mass is 10.2. The van der Waals surface area contributed by atoms with Crippen molar-refractivity contribution >= 4 is 34.4 Å². The third-order valence-corrected chi connectivity index (χ3v) is 3.43. The topological polar surface area (TPSA) is 116 Å². The van der Waals surface area contributed by atoms with Gasteiger partial charge in [-0.25, -0.2) is 14.4 Å². The van der Waals surface area contributed by atoms with Crippen LogP contribution in [0.25, 0.3) is 11.0 Å². The molecule has 0 radical (unpaired) electrons. The van der Waals surface area contributed by atoms with E-state index in [1.165, 1.54) is 0 Å². The Labute approximate surface area is 142 Å². The first-order valence-corrected chi connectivity index (χ1v) is 7.62. The number of anilines is 2. The van der Waals surface area contributed by atoms with E-state index in [1.54, 1.807) is 49.4 Å². The van der Waals surface area contributed by atoms with Gasteiger partial charge in [0.25, 0.3) is 0 Å². The van der Waals surface area contributed by atoms with Gasteiger partial charge < -0.3 is 25.3 Å². The minimum atomic E-state index is -0.443. The number of carbonyl (C=O) groups is 2. The van der Waals surface area contributed by atoms with Gasteiger partial charge in [-0.05, 0) is 49.4 Å². The van der Waals surface area contributed by atoms with Crippen LogP contribution in [0, 0.1) is 0 Å². The van der Waals surface area contributed by atoms with Crippen LogP contribution in [0.4, 0.5) is 16.2 Å². The number of rotatable bonds is 4. The lowest BCUT2D eigenvalue weighted by Crippen LogP contribution is -2.19. The molecule has 8 heteroatoms. The van der Waals surface area contributed by atoms with Crippen molar-refractivity contribution < 1.29 is 14.3 Å². The molecule has 1 aromatic heterocycles. The number of benzene rings is 2. The lowest BCUT2D eigenvalue weighted by molar-refractivity contribution is 0.0526. The Morgan fingerprint density at radius 3 is 2.32 bits per heavy atom. The van der Waals surface area contributed by atoms with Crippen molar-refractivity contribution in [2.24, 2.45) is 0 Å². The van der Waals surface area contributed by atoms with E-state index < -0.39 is 12.0 Å². The van der Waals surface area contributed by atoms with Crippen LogP contribution in [-0.4, -0.2) is 28.6 Å². The molecule has 0 unspecified atom stereocenters. The molecule has 0 saturated carbocycles.